The number of rotatable bonds is 4. The Bertz CT molecular complexity index is 679. The summed E-state index contributed by atoms with van der Waals surface area (Å²) in [6.45, 7) is 1.90. The van der Waals surface area contributed by atoms with Gasteiger partial charge in [0.15, 0.2) is 0 Å². The molecular formula is C20H22FNO2. The lowest BCUT2D eigenvalue weighted by Gasteiger charge is -2.33. The molecule has 0 saturated carbocycles. The second kappa shape index (κ2) is 7.58. The molecule has 2 aromatic carbocycles. The Hall–Kier alpha value is -2.20. The van der Waals surface area contributed by atoms with E-state index in [1.165, 1.54) is 17.7 Å². The lowest BCUT2D eigenvalue weighted by atomic mass is 9.74. The van der Waals surface area contributed by atoms with Crippen molar-refractivity contribution in [1.82, 2.24) is 5.32 Å². The average Bonchev–Trinajstić information content (AvgIpc) is 2.87. The lowest BCUT2D eigenvalue weighted by Crippen LogP contribution is -2.41. The van der Waals surface area contributed by atoms with E-state index in [4.69, 9.17) is 4.74 Å². The van der Waals surface area contributed by atoms with Crippen LogP contribution in [0.15, 0.2) is 54.6 Å². The van der Waals surface area contributed by atoms with Gasteiger partial charge in [-0.3, -0.25) is 4.79 Å². The van der Waals surface area contributed by atoms with Gasteiger partial charge in [-0.2, -0.15) is 0 Å². The monoisotopic (exact) mass is 327 g/mol. The van der Waals surface area contributed by atoms with Crippen molar-refractivity contribution in [2.24, 2.45) is 0 Å². The van der Waals surface area contributed by atoms with Gasteiger partial charge in [-0.05, 0) is 37.0 Å². The van der Waals surface area contributed by atoms with Gasteiger partial charge in [0.2, 0.25) is 0 Å². The van der Waals surface area contributed by atoms with Gasteiger partial charge in [0.05, 0.1) is 5.56 Å². The second-order valence-electron chi connectivity index (χ2n) is 6.27. The largest absolute Gasteiger partial charge is 0.381 e. The predicted molar refractivity (Wildman–Crippen MR) is 91.5 cm³/mol. The highest BCUT2D eigenvalue weighted by molar-refractivity contribution is 5.94. The van der Waals surface area contributed by atoms with Crippen LogP contribution in [-0.4, -0.2) is 25.7 Å². The number of amides is 1. The van der Waals surface area contributed by atoms with Gasteiger partial charge in [-0.15, -0.1) is 0 Å². The summed E-state index contributed by atoms with van der Waals surface area (Å²) in [7, 11) is 0. The molecule has 1 fully saturated rings. The van der Waals surface area contributed by atoms with Crippen LogP contribution in [0.2, 0.25) is 0 Å². The number of hydrogen-bond acceptors (Lipinski definition) is 2. The summed E-state index contributed by atoms with van der Waals surface area (Å²) in [6.07, 6.45) is 2.73. The van der Waals surface area contributed by atoms with Gasteiger partial charge >= 0.3 is 0 Å². The van der Waals surface area contributed by atoms with E-state index in [2.05, 4.69) is 17.4 Å². The van der Waals surface area contributed by atoms with Crippen LogP contribution < -0.4 is 5.32 Å². The minimum absolute atomic E-state index is 0.0885. The van der Waals surface area contributed by atoms with Gasteiger partial charge in [0.25, 0.3) is 5.91 Å². The summed E-state index contributed by atoms with van der Waals surface area (Å²) in [5.74, 6) is -0.860. The fourth-order valence-corrected chi connectivity index (χ4v) is 3.36. The maximum absolute atomic E-state index is 13.8. The maximum atomic E-state index is 13.8. The summed E-state index contributed by atoms with van der Waals surface area (Å²) in [6, 6.07) is 16.3. The van der Waals surface area contributed by atoms with Crippen LogP contribution in [0.3, 0.4) is 0 Å². The normalized spacial score (nSPS) is 21.0. The van der Waals surface area contributed by atoms with Gasteiger partial charge in [-0.1, -0.05) is 42.5 Å². The molecule has 3 nitrogen and oxygen atoms in total. The Morgan fingerprint density at radius 3 is 2.58 bits per heavy atom. The van der Waals surface area contributed by atoms with Crippen LogP contribution in [0, 0.1) is 5.82 Å². The van der Waals surface area contributed by atoms with Gasteiger partial charge in [0.1, 0.15) is 5.82 Å². The van der Waals surface area contributed by atoms with Crippen molar-refractivity contribution < 1.29 is 13.9 Å². The lowest BCUT2D eigenvalue weighted by molar-refractivity contribution is 0.0933. The zero-order valence-electron chi connectivity index (χ0n) is 13.6. The Morgan fingerprint density at radius 2 is 1.79 bits per heavy atom. The van der Waals surface area contributed by atoms with Crippen molar-refractivity contribution in [3.63, 3.8) is 0 Å². The molecule has 24 heavy (non-hydrogen) atoms. The second-order valence-corrected chi connectivity index (χ2v) is 6.27. The third kappa shape index (κ3) is 3.65. The fraction of sp³-hybridized carbons (Fsp3) is 0.350. The highest BCUT2D eigenvalue weighted by Crippen LogP contribution is 2.34. The number of hydrogen-bond donors (Lipinski definition) is 1. The Balaban J connectivity index is 1.80. The molecule has 0 radical (unpaired) electrons. The van der Waals surface area contributed by atoms with Crippen LogP contribution in [0.5, 0.6) is 0 Å². The molecule has 126 valence electrons. The summed E-state index contributed by atoms with van der Waals surface area (Å²) in [5, 5.41) is 2.94. The van der Waals surface area contributed by atoms with Gasteiger partial charge < -0.3 is 10.1 Å². The molecule has 0 aliphatic carbocycles. The van der Waals surface area contributed by atoms with Crippen LogP contribution >= 0.6 is 0 Å². The first-order valence-electron chi connectivity index (χ1n) is 8.37. The molecule has 0 unspecified atom stereocenters. The highest BCUT2D eigenvalue weighted by atomic mass is 19.1. The van der Waals surface area contributed by atoms with Crippen molar-refractivity contribution in [3.05, 3.63) is 71.5 Å². The number of ether oxygens (including phenoxy) is 1. The zero-order chi connectivity index (χ0) is 16.8. The number of halogens is 1. The van der Waals surface area contributed by atoms with E-state index in [1.807, 2.05) is 18.2 Å². The third-order valence-electron chi connectivity index (χ3n) is 4.76. The summed E-state index contributed by atoms with van der Waals surface area (Å²) in [5.41, 5.74) is 1.12. The molecule has 0 aromatic heterocycles. The van der Waals surface area contributed by atoms with E-state index in [0.717, 1.165) is 25.9 Å². The van der Waals surface area contributed by atoms with E-state index in [1.54, 1.807) is 12.1 Å². The van der Waals surface area contributed by atoms with Crippen molar-refractivity contribution >= 4 is 5.91 Å². The van der Waals surface area contributed by atoms with Crippen LogP contribution in [0.4, 0.5) is 4.39 Å². The molecule has 1 saturated heterocycles. The highest BCUT2D eigenvalue weighted by Gasteiger charge is 2.33. The quantitative estimate of drug-likeness (QED) is 0.930. The number of benzene rings is 2. The van der Waals surface area contributed by atoms with E-state index in [9.17, 15) is 9.18 Å². The van der Waals surface area contributed by atoms with Gasteiger partial charge in [0, 0.05) is 25.2 Å². The molecule has 3 rings (SSSR count). The average molecular weight is 327 g/mol. The Labute approximate surface area is 141 Å². The summed E-state index contributed by atoms with van der Waals surface area (Å²) < 4.78 is 19.4. The van der Waals surface area contributed by atoms with Crippen molar-refractivity contribution in [2.75, 3.05) is 19.8 Å². The number of nitrogens with one attached hydrogen (secondary N) is 1. The summed E-state index contributed by atoms with van der Waals surface area (Å²) in [4.78, 5) is 12.4. The third-order valence-corrected chi connectivity index (χ3v) is 4.76. The standard InChI is InChI=1S/C20H22FNO2/c21-18-10-5-4-9-17(18)19(23)22-15-20(11-6-13-24-14-12-20)16-7-2-1-3-8-16/h1-5,7-10H,6,11-15H2,(H,22,23)/t20-/m0/s1. The van der Waals surface area contributed by atoms with Crippen molar-refractivity contribution in [2.45, 2.75) is 24.7 Å². The molecule has 1 N–H and O–H groups in total. The molecule has 1 heterocycles. The minimum atomic E-state index is -0.493. The smallest absolute Gasteiger partial charge is 0.254 e. The Morgan fingerprint density at radius 1 is 1.04 bits per heavy atom. The van der Waals surface area contributed by atoms with Crippen LogP contribution in [0.25, 0.3) is 0 Å². The molecule has 1 aliphatic rings. The molecule has 1 amide bonds. The first-order chi connectivity index (χ1) is 11.7. The van der Waals surface area contributed by atoms with Crippen LogP contribution in [-0.2, 0) is 10.2 Å². The molecule has 2 aromatic rings. The Kier molecular flexibility index (Phi) is 5.26. The molecule has 0 spiro atoms. The van der Waals surface area contributed by atoms with E-state index < -0.39 is 5.82 Å². The molecule has 1 aliphatic heterocycles. The topological polar surface area (TPSA) is 38.3 Å². The van der Waals surface area contributed by atoms with Crippen molar-refractivity contribution in [3.8, 4) is 0 Å². The maximum Gasteiger partial charge on any atom is 0.254 e. The number of carbonyl (C=O) groups is 1. The molecular weight excluding hydrogens is 305 g/mol. The SMILES string of the molecule is O=C(NC[C@]1(c2ccccc2)CCCOCC1)c1ccccc1F. The number of carbonyl (C=O) groups excluding carboxylic acids is 1. The fourth-order valence-electron chi connectivity index (χ4n) is 3.36. The molecule has 0 bridgehead atoms. The van der Waals surface area contributed by atoms with Gasteiger partial charge in [-0.25, -0.2) is 4.39 Å². The van der Waals surface area contributed by atoms with E-state index in [-0.39, 0.29) is 16.9 Å². The summed E-state index contributed by atoms with van der Waals surface area (Å²) >= 11 is 0. The molecule has 1 atom stereocenters. The van der Waals surface area contributed by atoms with Crippen molar-refractivity contribution in [1.29, 1.82) is 0 Å². The minimum Gasteiger partial charge on any atom is -0.381 e. The molecule has 4 heteroatoms. The first kappa shape index (κ1) is 16.7. The van der Waals surface area contributed by atoms with E-state index >= 15 is 0 Å². The van der Waals surface area contributed by atoms with Crippen LogP contribution in [0.1, 0.15) is 35.2 Å². The zero-order valence-corrected chi connectivity index (χ0v) is 13.6. The first-order valence-corrected chi connectivity index (χ1v) is 8.37. The predicted octanol–water partition coefficient (Wildman–Crippen LogP) is 3.69. The van der Waals surface area contributed by atoms with E-state index in [0.29, 0.717) is 13.2 Å².